The van der Waals surface area contributed by atoms with E-state index in [1.54, 1.807) is 18.2 Å². The Balaban J connectivity index is 2.76. The molecule has 0 radical (unpaired) electrons. The zero-order valence-corrected chi connectivity index (χ0v) is 8.52. The smallest absolute Gasteiger partial charge is 0.369 e. The zero-order chi connectivity index (χ0) is 11.5. The molecule has 4 N–H and O–H groups in total. The summed E-state index contributed by atoms with van der Waals surface area (Å²) in [4.78, 5) is 0. The number of benzene rings is 1. The van der Waals surface area contributed by atoms with Gasteiger partial charge < -0.3 is 5.11 Å². The third-order valence-corrected chi connectivity index (χ3v) is 2.12. The molecule has 0 aliphatic rings. The monoisotopic (exact) mass is 233 g/mol. The third-order valence-electron chi connectivity index (χ3n) is 1.70. The van der Waals surface area contributed by atoms with E-state index >= 15 is 0 Å². The molecule has 0 aliphatic carbocycles. The summed E-state index contributed by atoms with van der Waals surface area (Å²) in [7, 11) is -4.61. The van der Waals surface area contributed by atoms with Crippen molar-refractivity contribution in [1.29, 1.82) is 0 Å². The lowest BCUT2D eigenvalue weighted by molar-refractivity contribution is -0.00544. The lowest BCUT2D eigenvalue weighted by Gasteiger charge is -2.22. The molecule has 0 bridgehead atoms. The van der Waals surface area contributed by atoms with E-state index in [1.807, 2.05) is 0 Å². The van der Waals surface area contributed by atoms with Crippen molar-refractivity contribution in [2.24, 2.45) is 5.73 Å². The van der Waals surface area contributed by atoms with E-state index in [-0.39, 0.29) is 5.56 Å². The van der Waals surface area contributed by atoms with Crippen molar-refractivity contribution < 1.29 is 22.3 Å². The minimum absolute atomic E-state index is 0.286. The Labute approximate surface area is 87.2 Å². The van der Waals surface area contributed by atoms with Gasteiger partial charge in [-0.05, 0) is 0 Å². The summed E-state index contributed by atoms with van der Waals surface area (Å²) in [6, 6.07) is 7.98. The lowest BCUT2D eigenvalue weighted by atomic mass is 10.1. The maximum Gasteiger partial charge on any atom is 0.397 e. The van der Waals surface area contributed by atoms with Gasteiger partial charge in [-0.2, -0.15) is 8.42 Å². The number of hydrogen-bond acceptors (Lipinski definition) is 5. The van der Waals surface area contributed by atoms with Gasteiger partial charge in [-0.3, -0.25) is 10.3 Å². The number of rotatable bonds is 4. The van der Waals surface area contributed by atoms with Crippen LogP contribution in [0.25, 0.3) is 0 Å². The Morgan fingerprint density at radius 3 is 2.33 bits per heavy atom. The zero-order valence-electron chi connectivity index (χ0n) is 7.70. The molecule has 0 aromatic heterocycles. The molecule has 1 unspecified atom stereocenters. The van der Waals surface area contributed by atoms with Crippen LogP contribution < -0.4 is 5.73 Å². The molecule has 1 atom stereocenters. The van der Waals surface area contributed by atoms with Gasteiger partial charge in [-0.1, -0.05) is 30.3 Å². The summed E-state index contributed by atoms with van der Waals surface area (Å²) in [5, 5.41) is 9.63. The maximum absolute atomic E-state index is 10.3. The van der Waals surface area contributed by atoms with Crippen molar-refractivity contribution in [3.05, 3.63) is 35.9 Å². The molecule has 6 nitrogen and oxygen atoms in total. The predicted octanol–water partition coefficient (Wildman–Crippen LogP) is -0.390. The molecule has 1 rings (SSSR count). The normalized spacial score (nSPS) is 15.9. The molecule has 0 heterocycles. The van der Waals surface area contributed by atoms with Crippen LogP contribution in [0.15, 0.2) is 30.3 Å². The van der Waals surface area contributed by atoms with Crippen molar-refractivity contribution in [1.82, 2.24) is 0 Å². The number of hydrogen-bond donors (Lipinski definition) is 3. The Morgan fingerprint density at radius 1 is 1.33 bits per heavy atom. The second-order valence-corrected chi connectivity index (χ2v) is 4.07. The molecule has 0 fully saturated rings. The minimum atomic E-state index is -4.61. The highest BCUT2D eigenvalue weighted by Crippen LogP contribution is 2.15. The van der Waals surface area contributed by atoms with Crippen molar-refractivity contribution in [2.45, 2.75) is 5.72 Å². The van der Waals surface area contributed by atoms with Gasteiger partial charge in [0.2, 0.25) is 0 Å². The van der Waals surface area contributed by atoms with E-state index in [0.29, 0.717) is 0 Å². The van der Waals surface area contributed by atoms with E-state index < -0.39 is 22.7 Å². The minimum Gasteiger partial charge on any atom is -0.369 e. The van der Waals surface area contributed by atoms with Gasteiger partial charge in [0.25, 0.3) is 0 Å². The lowest BCUT2D eigenvalue weighted by Crippen LogP contribution is -2.41. The average molecular weight is 233 g/mol. The standard InChI is InChI=1S/C8H11NO5S/c9-8(10,6-14-15(11,12)13)7-4-2-1-3-5-7/h1-5,10H,6,9H2,(H,11,12,13). The largest absolute Gasteiger partial charge is 0.397 e. The average Bonchev–Trinajstić information content (AvgIpc) is 2.16. The predicted molar refractivity (Wildman–Crippen MR) is 52.0 cm³/mol. The molecular weight excluding hydrogens is 222 g/mol. The summed E-state index contributed by atoms with van der Waals surface area (Å²) in [5.74, 6) is 0. The van der Waals surface area contributed by atoms with Gasteiger partial charge in [0.05, 0.1) is 0 Å². The Hall–Kier alpha value is -0.990. The van der Waals surface area contributed by atoms with Crippen LogP contribution in [-0.2, 0) is 20.3 Å². The van der Waals surface area contributed by atoms with Crippen molar-refractivity contribution in [3.63, 3.8) is 0 Å². The first-order chi connectivity index (χ1) is 6.81. The fourth-order valence-corrected chi connectivity index (χ4v) is 1.30. The molecule has 1 aromatic carbocycles. The molecule has 1 aromatic rings. The first kappa shape index (κ1) is 12.1. The second-order valence-electron chi connectivity index (χ2n) is 2.98. The molecular formula is C8H11NO5S. The van der Waals surface area contributed by atoms with E-state index in [9.17, 15) is 13.5 Å². The number of aliphatic hydroxyl groups is 1. The molecule has 0 saturated carbocycles. The van der Waals surface area contributed by atoms with E-state index in [0.717, 1.165) is 0 Å². The van der Waals surface area contributed by atoms with Crippen molar-refractivity contribution in [3.8, 4) is 0 Å². The molecule has 84 valence electrons. The Kier molecular flexibility index (Phi) is 3.42. The SMILES string of the molecule is NC(O)(COS(=O)(=O)O)c1ccccc1. The van der Waals surface area contributed by atoms with Crippen LogP contribution in [0.5, 0.6) is 0 Å². The van der Waals surface area contributed by atoms with Crippen LogP contribution >= 0.6 is 0 Å². The highest BCUT2D eigenvalue weighted by molar-refractivity contribution is 7.80. The van der Waals surface area contributed by atoms with E-state index in [4.69, 9.17) is 10.3 Å². The van der Waals surface area contributed by atoms with Crippen molar-refractivity contribution in [2.75, 3.05) is 6.61 Å². The van der Waals surface area contributed by atoms with Gasteiger partial charge >= 0.3 is 10.4 Å². The Morgan fingerprint density at radius 2 is 1.87 bits per heavy atom. The van der Waals surface area contributed by atoms with Gasteiger partial charge in [0, 0.05) is 5.56 Å². The van der Waals surface area contributed by atoms with E-state index in [1.165, 1.54) is 12.1 Å². The number of nitrogens with two attached hydrogens (primary N) is 1. The van der Waals surface area contributed by atoms with Crippen LogP contribution in [0.1, 0.15) is 5.56 Å². The summed E-state index contributed by atoms with van der Waals surface area (Å²) in [6.07, 6.45) is 0. The van der Waals surface area contributed by atoms with Crippen LogP contribution in [0.3, 0.4) is 0 Å². The summed E-state index contributed by atoms with van der Waals surface area (Å²) in [6.45, 7) is -0.754. The molecule has 15 heavy (non-hydrogen) atoms. The topological polar surface area (TPSA) is 110 Å². The molecule has 0 spiro atoms. The fourth-order valence-electron chi connectivity index (χ4n) is 0.974. The fraction of sp³-hybridized carbons (Fsp3) is 0.250. The molecule has 7 heteroatoms. The summed E-state index contributed by atoms with van der Waals surface area (Å²) in [5.41, 5.74) is 3.72. The van der Waals surface area contributed by atoms with Gasteiger partial charge in [-0.15, -0.1) is 0 Å². The van der Waals surface area contributed by atoms with Crippen LogP contribution in [-0.4, -0.2) is 24.7 Å². The molecule has 0 aliphatic heterocycles. The molecule has 0 amide bonds. The summed E-state index contributed by atoms with van der Waals surface area (Å²) < 4.78 is 32.9. The highest BCUT2D eigenvalue weighted by Gasteiger charge is 2.26. The highest BCUT2D eigenvalue weighted by atomic mass is 32.3. The van der Waals surface area contributed by atoms with E-state index in [2.05, 4.69) is 4.18 Å². The quantitative estimate of drug-likeness (QED) is 0.482. The summed E-state index contributed by atoms with van der Waals surface area (Å²) >= 11 is 0. The van der Waals surface area contributed by atoms with Crippen molar-refractivity contribution >= 4 is 10.4 Å². The van der Waals surface area contributed by atoms with Crippen LogP contribution in [0, 0.1) is 0 Å². The van der Waals surface area contributed by atoms with Crippen LogP contribution in [0.4, 0.5) is 0 Å². The maximum atomic E-state index is 10.3. The third kappa shape index (κ3) is 3.94. The Bertz CT molecular complexity index is 414. The van der Waals surface area contributed by atoms with Gasteiger partial charge in [0.15, 0.2) is 5.72 Å². The first-order valence-electron chi connectivity index (χ1n) is 4.00. The van der Waals surface area contributed by atoms with Crippen LogP contribution in [0.2, 0.25) is 0 Å². The first-order valence-corrected chi connectivity index (χ1v) is 5.36. The van der Waals surface area contributed by atoms with Gasteiger partial charge in [-0.25, -0.2) is 4.18 Å². The van der Waals surface area contributed by atoms with Gasteiger partial charge in [0.1, 0.15) is 6.61 Å². The second kappa shape index (κ2) is 4.25. The molecule has 0 saturated heterocycles.